The van der Waals surface area contributed by atoms with E-state index in [9.17, 15) is 19.5 Å². The van der Waals surface area contributed by atoms with Crippen LogP contribution in [0.15, 0.2) is 30.3 Å². The van der Waals surface area contributed by atoms with Gasteiger partial charge in [0.05, 0.1) is 6.04 Å². The summed E-state index contributed by atoms with van der Waals surface area (Å²) in [5.74, 6) is -1.63. The van der Waals surface area contributed by atoms with Crippen molar-refractivity contribution < 1.29 is 30.1 Å². The van der Waals surface area contributed by atoms with Crippen molar-refractivity contribution in [1.82, 2.24) is 9.80 Å². The summed E-state index contributed by atoms with van der Waals surface area (Å²) >= 11 is 0. The average Bonchev–Trinajstić information content (AvgIpc) is 3.09. The SMILES string of the molecule is CN(Cc1ccccc1)C(=O)CCC(O)N1CCC[C@H]1C(=O)CC(=O)O.O. The first-order chi connectivity index (χ1) is 12.4. The lowest BCUT2D eigenvalue weighted by Crippen LogP contribution is -2.44. The second kappa shape index (κ2) is 10.8. The van der Waals surface area contributed by atoms with Crippen LogP contribution in [0.25, 0.3) is 0 Å². The number of carbonyl (C=O) groups excluding carboxylic acids is 2. The second-order valence-electron chi connectivity index (χ2n) is 6.69. The number of aliphatic hydroxyl groups is 1. The molecule has 0 radical (unpaired) electrons. The number of carbonyl (C=O) groups is 3. The van der Waals surface area contributed by atoms with E-state index in [1.807, 2.05) is 30.3 Å². The molecule has 4 N–H and O–H groups in total. The van der Waals surface area contributed by atoms with Gasteiger partial charge in [0.1, 0.15) is 12.6 Å². The highest BCUT2D eigenvalue weighted by Crippen LogP contribution is 2.23. The number of aliphatic carboxylic acids is 1. The highest BCUT2D eigenvalue weighted by molar-refractivity contribution is 5.97. The molecule has 1 heterocycles. The number of Topliss-reactive ketones (excluding diaryl/α,β-unsaturated/α-hetero) is 1. The summed E-state index contributed by atoms with van der Waals surface area (Å²) in [5.41, 5.74) is 1.03. The zero-order chi connectivity index (χ0) is 19.1. The molecule has 1 aliphatic rings. The third-order valence-electron chi connectivity index (χ3n) is 4.68. The molecule has 0 spiro atoms. The zero-order valence-electron chi connectivity index (χ0n) is 15.5. The summed E-state index contributed by atoms with van der Waals surface area (Å²) in [6, 6.07) is 9.07. The van der Waals surface area contributed by atoms with Gasteiger partial charge in [0.15, 0.2) is 5.78 Å². The smallest absolute Gasteiger partial charge is 0.310 e. The first-order valence-electron chi connectivity index (χ1n) is 8.84. The minimum atomic E-state index is -1.16. The van der Waals surface area contributed by atoms with Crippen molar-refractivity contribution >= 4 is 17.7 Å². The van der Waals surface area contributed by atoms with Gasteiger partial charge in [-0.25, -0.2) is 0 Å². The normalized spacial score (nSPS) is 17.8. The van der Waals surface area contributed by atoms with Gasteiger partial charge in [-0.15, -0.1) is 0 Å². The van der Waals surface area contributed by atoms with Crippen LogP contribution >= 0.6 is 0 Å². The summed E-state index contributed by atoms with van der Waals surface area (Å²) in [6.45, 7) is 1.03. The second-order valence-corrected chi connectivity index (χ2v) is 6.69. The van der Waals surface area contributed by atoms with E-state index in [1.165, 1.54) is 0 Å². The van der Waals surface area contributed by atoms with Crippen molar-refractivity contribution in [2.24, 2.45) is 0 Å². The van der Waals surface area contributed by atoms with Crippen molar-refractivity contribution in [3.63, 3.8) is 0 Å². The Hall–Kier alpha value is -2.29. The van der Waals surface area contributed by atoms with Gasteiger partial charge in [-0.2, -0.15) is 0 Å². The monoisotopic (exact) mass is 380 g/mol. The summed E-state index contributed by atoms with van der Waals surface area (Å²) in [4.78, 5) is 38.3. The van der Waals surface area contributed by atoms with Gasteiger partial charge in [-0.3, -0.25) is 19.3 Å². The minimum Gasteiger partial charge on any atom is -0.481 e. The number of hydrogen-bond acceptors (Lipinski definition) is 5. The van der Waals surface area contributed by atoms with Gasteiger partial charge in [-0.05, 0) is 24.8 Å². The number of amides is 1. The number of rotatable bonds is 9. The third kappa shape index (κ3) is 6.74. The number of likely N-dealkylation sites (tertiary alicyclic amines) is 1. The predicted molar refractivity (Wildman–Crippen MR) is 98.8 cm³/mol. The number of nitrogens with zero attached hydrogens (tertiary/aromatic N) is 2. The van der Waals surface area contributed by atoms with Crippen LogP contribution in [-0.4, -0.2) is 69.0 Å². The number of carboxylic acids is 1. The number of benzene rings is 1. The topological polar surface area (TPSA) is 130 Å². The van der Waals surface area contributed by atoms with Crippen LogP contribution in [0.2, 0.25) is 0 Å². The Morgan fingerprint density at radius 3 is 2.56 bits per heavy atom. The third-order valence-corrected chi connectivity index (χ3v) is 4.68. The van der Waals surface area contributed by atoms with Crippen LogP contribution in [-0.2, 0) is 20.9 Å². The molecule has 0 bridgehead atoms. The Morgan fingerprint density at radius 1 is 1.26 bits per heavy atom. The molecule has 0 aromatic heterocycles. The van der Waals surface area contributed by atoms with Crippen LogP contribution in [0.4, 0.5) is 0 Å². The van der Waals surface area contributed by atoms with E-state index in [2.05, 4.69) is 0 Å². The van der Waals surface area contributed by atoms with Gasteiger partial charge in [0, 0.05) is 26.6 Å². The highest BCUT2D eigenvalue weighted by atomic mass is 16.4. The number of hydrogen-bond donors (Lipinski definition) is 2. The number of ketones is 1. The van der Waals surface area contributed by atoms with Crippen molar-refractivity contribution in [1.29, 1.82) is 0 Å². The average molecular weight is 380 g/mol. The molecule has 1 aromatic carbocycles. The van der Waals surface area contributed by atoms with Crippen LogP contribution in [0.3, 0.4) is 0 Å². The molecule has 2 rings (SSSR count). The summed E-state index contributed by atoms with van der Waals surface area (Å²) in [7, 11) is 1.72. The molecule has 0 aliphatic carbocycles. The largest absolute Gasteiger partial charge is 0.481 e. The first-order valence-corrected chi connectivity index (χ1v) is 8.84. The molecule has 27 heavy (non-hydrogen) atoms. The fourth-order valence-electron chi connectivity index (χ4n) is 3.31. The van der Waals surface area contributed by atoms with Gasteiger partial charge < -0.3 is 20.6 Å². The molecule has 8 heteroatoms. The van der Waals surface area contributed by atoms with Gasteiger partial charge >= 0.3 is 5.97 Å². The van der Waals surface area contributed by atoms with E-state index < -0.39 is 24.7 Å². The molecular weight excluding hydrogens is 352 g/mol. The Kier molecular flexibility index (Phi) is 9.07. The van der Waals surface area contributed by atoms with Gasteiger partial charge in [0.25, 0.3) is 0 Å². The van der Waals surface area contributed by atoms with E-state index >= 15 is 0 Å². The Balaban J connectivity index is 0.00000364. The van der Waals surface area contributed by atoms with Crippen molar-refractivity contribution in [3.05, 3.63) is 35.9 Å². The molecule has 1 aromatic rings. The van der Waals surface area contributed by atoms with E-state index in [0.717, 1.165) is 12.0 Å². The van der Waals surface area contributed by atoms with Gasteiger partial charge in [-0.1, -0.05) is 30.3 Å². The first kappa shape index (κ1) is 22.8. The van der Waals surface area contributed by atoms with E-state index in [1.54, 1.807) is 16.8 Å². The fourth-order valence-corrected chi connectivity index (χ4v) is 3.31. The molecule has 1 saturated heterocycles. The van der Waals surface area contributed by atoms with Crippen LogP contribution in [0.5, 0.6) is 0 Å². The van der Waals surface area contributed by atoms with Crippen molar-refractivity contribution in [2.75, 3.05) is 13.6 Å². The molecule has 2 atom stereocenters. The maximum absolute atomic E-state index is 12.3. The lowest BCUT2D eigenvalue weighted by Gasteiger charge is -2.28. The molecule has 8 nitrogen and oxygen atoms in total. The van der Waals surface area contributed by atoms with Gasteiger partial charge in [0.2, 0.25) is 5.91 Å². The quantitative estimate of drug-likeness (QED) is 0.598. The van der Waals surface area contributed by atoms with Crippen molar-refractivity contribution in [3.8, 4) is 0 Å². The van der Waals surface area contributed by atoms with Crippen LogP contribution in [0.1, 0.15) is 37.7 Å². The maximum atomic E-state index is 12.3. The summed E-state index contributed by atoms with van der Waals surface area (Å²) < 4.78 is 0. The van der Waals surface area contributed by atoms with E-state index in [4.69, 9.17) is 5.11 Å². The predicted octanol–water partition coefficient (Wildman–Crippen LogP) is 0.427. The Bertz CT molecular complexity index is 636. The van der Waals surface area contributed by atoms with Crippen LogP contribution < -0.4 is 0 Å². The van der Waals surface area contributed by atoms with E-state index in [-0.39, 0.29) is 30.0 Å². The van der Waals surface area contributed by atoms with Crippen molar-refractivity contribution in [2.45, 2.75) is 50.9 Å². The molecule has 1 fully saturated rings. The molecule has 1 aliphatic heterocycles. The highest BCUT2D eigenvalue weighted by Gasteiger charge is 2.35. The van der Waals surface area contributed by atoms with E-state index in [0.29, 0.717) is 19.5 Å². The maximum Gasteiger partial charge on any atom is 0.310 e. The van der Waals surface area contributed by atoms with Crippen LogP contribution in [0, 0.1) is 0 Å². The summed E-state index contributed by atoms with van der Waals surface area (Å²) in [5, 5.41) is 19.2. The molecular formula is C19H28N2O6. The fraction of sp³-hybridized carbons (Fsp3) is 0.526. The molecule has 1 amide bonds. The number of carboxylic acid groups (broad SMARTS) is 1. The Morgan fingerprint density at radius 2 is 1.93 bits per heavy atom. The lowest BCUT2D eigenvalue weighted by atomic mass is 10.1. The zero-order valence-corrected chi connectivity index (χ0v) is 15.5. The molecule has 150 valence electrons. The molecule has 0 saturated carbocycles. The molecule has 1 unspecified atom stereocenters. The lowest BCUT2D eigenvalue weighted by molar-refractivity contribution is -0.142. The minimum absolute atomic E-state index is 0. The Labute approximate surface area is 158 Å². The summed E-state index contributed by atoms with van der Waals surface area (Å²) in [6.07, 6.45) is 0.205. The standard InChI is InChI=1S/C19H26N2O5.H2O/c1-20(13-14-6-3-2-4-7-14)17(23)9-10-18(24)21-11-5-8-15(21)16(22)12-19(25)26;/h2-4,6-7,15,18,24H,5,8-13H2,1H3,(H,25,26);1H2/t15-,18?;/m0./s1. The number of aliphatic hydroxyl groups excluding tert-OH is 1.